The summed E-state index contributed by atoms with van der Waals surface area (Å²) in [5.41, 5.74) is 7.08. The van der Waals surface area contributed by atoms with Gasteiger partial charge in [-0.3, -0.25) is 0 Å². The molecule has 3 N–H and O–H groups in total. The molecular formula is C12H16Br2ClNO. The van der Waals surface area contributed by atoms with Gasteiger partial charge in [0.1, 0.15) is 5.75 Å². The van der Waals surface area contributed by atoms with E-state index in [2.05, 4.69) is 31.9 Å². The van der Waals surface area contributed by atoms with Gasteiger partial charge >= 0.3 is 0 Å². The lowest BCUT2D eigenvalue weighted by Crippen LogP contribution is -2.19. The smallest absolute Gasteiger partial charge is 0.134 e. The predicted molar refractivity (Wildman–Crippen MR) is 79.6 cm³/mol. The molecule has 0 unspecified atom stereocenters. The number of phenols is 1. The van der Waals surface area contributed by atoms with E-state index < -0.39 is 0 Å². The van der Waals surface area contributed by atoms with Crippen molar-refractivity contribution in [2.45, 2.75) is 31.7 Å². The molecule has 1 aromatic rings. The van der Waals surface area contributed by atoms with Gasteiger partial charge < -0.3 is 10.8 Å². The molecule has 1 saturated carbocycles. The van der Waals surface area contributed by atoms with Gasteiger partial charge in [0.15, 0.2) is 0 Å². The summed E-state index contributed by atoms with van der Waals surface area (Å²) < 4.78 is 1.64. The molecule has 0 amide bonds. The largest absolute Gasteiger partial charge is 0.506 e. The van der Waals surface area contributed by atoms with Gasteiger partial charge in [-0.25, -0.2) is 0 Å². The Hall–Kier alpha value is 0.230. The molecule has 1 fully saturated rings. The molecule has 0 aliphatic heterocycles. The fourth-order valence-electron chi connectivity index (χ4n) is 2.41. The molecule has 0 saturated heterocycles. The third-order valence-electron chi connectivity index (χ3n) is 3.32. The highest BCUT2D eigenvalue weighted by Gasteiger charge is 2.26. The first-order valence-corrected chi connectivity index (χ1v) is 7.11. The van der Waals surface area contributed by atoms with Crippen LogP contribution in [-0.4, -0.2) is 5.11 Å². The monoisotopic (exact) mass is 383 g/mol. The van der Waals surface area contributed by atoms with E-state index in [9.17, 15) is 5.11 Å². The summed E-state index contributed by atoms with van der Waals surface area (Å²) in [5, 5.41) is 10.0. The van der Waals surface area contributed by atoms with Crippen LogP contribution in [0.2, 0.25) is 0 Å². The summed E-state index contributed by atoms with van der Waals surface area (Å²) in [6.45, 7) is 0. The number of aromatic hydroxyl groups is 1. The van der Waals surface area contributed by atoms with Crippen molar-refractivity contribution < 1.29 is 5.11 Å². The molecule has 2 rings (SSSR count). The van der Waals surface area contributed by atoms with Crippen LogP contribution in [0.15, 0.2) is 21.1 Å². The third-order valence-corrected chi connectivity index (χ3v) is 4.39. The molecule has 5 heteroatoms. The van der Waals surface area contributed by atoms with Gasteiger partial charge in [0.2, 0.25) is 0 Å². The van der Waals surface area contributed by atoms with E-state index in [-0.39, 0.29) is 24.2 Å². The van der Waals surface area contributed by atoms with Crippen LogP contribution in [0.25, 0.3) is 0 Å². The van der Waals surface area contributed by atoms with Crippen molar-refractivity contribution >= 4 is 44.3 Å². The molecule has 1 aliphatic rings. The maximum atomic E-state index is 10.0. The normalized spacial score (nSPS) is 17.8. The van der Waals surface area contributed by atoms with Gasteiger partial charge in [-0.1, -0.05) is 28.8 Å². The van der Waals surface area contributed by atoms with Crippen molar-refractivity contribution in [2.24, 2.45) is 11.7 Å². The number of benzene rings is 1. The van der Waals surface area contributed by atoms with Gasteiger partial charge in [-0.05, 0) is 46.8 Å². The zero-order chi connectivity index (χ0) is 11.7. The van der Waals surface area contributed by atoms with E-state index in [1.165, 1.54) is 25.7 Å². The maximum Gasteiger partial charge on any atom is 0.134 e. The minimum absolute atomic E-state index is 0. The van der Waals surface area contributed by atoms with Crippen LogP contribution in [0, 0.1) is 5.92 Å². The Labute approximate surface area is 125 Å². The van der Waals surface area contributed by atoms with E-state index in [1.807, 2.05) is 12.1 Å². The molecule has 0 heterocycles. The van der Waals surface area contributed by atoms with Crippen LogP contribution in [0.5, 0.6) is 5.75 Å². The molecule has 1 aliphatic carbocycles. The average molecular weight is 386 g/mol. The lowest BCUT2D eigenvalue weighted by atomic mass is 9.92. The van der Waals surface area contributed by atoms with Crippen molar-refractivity contribution in [1.82, 2.24) is 0 Å². The molecule has 17 heavy (non-hydrogen) atoms. The zero-order valence-corrected chi connectivity index (χ0v) is 13.3. The Morgan fingerprint density at radius 2 is 1.82 bits per heavy atom. The second kappa shape index (κ2) is 6.41. The van der Waals surface area contributed by atoms with Crippen LogP contribution in [0.1, 0.15) is 37.3 Å². The standard InChI is InChI=1S/C12H15Br2NO.ClH/c13-8-5-9(12(16)10(14)6-8)11(15)7-3-1-2-4-7;/h5-7,11,16H,1-4,15H2;1H/t11-;/m0./s1. The first-order chi connectivity index (χ1) is 7.59. The van der Waals surface area contributed by atoms with Gasteiger partial charge in [-0.15, -0.1) is 12.4 Å². The number of phenolic OH excluding ortho intramolecular Hbond substituents is 1. The zero-order valence-electron chi connectivity index (χ0n) is 9.33. The minimum atomic E-state index is -0.0590. The highest BCUT2D eigenvalue weighted by Crippen LogP contribution is 2.41. The van der Waals surface area contributed by atoms with Crippen LogP contribution in [0.4, 0.5) is 0 Å². The SMILES string of the molecule is Cl.N[C@H](c1cc(Br)cc(Br)c1O)C1CCCC1. The summed E-state index contributed by atoms with van der Waals surface area (Å²) in [6.07, 6.45) is 4.86. The fourth-order valence-corrected chi connectivity index (χ4v) is 3.67. The quantitative estimate of drug-likeness (QED) is 0.786. The Bertz CT molecular complexity index is 394. The van der Waals surface area contributed by atoms with E-state index in [0.29, 0.717) is 10.4 Å². The molecule has 1 aromatic carbocycles. The average Bonchev–Trinajstić information content (AvgIpc) is 2.75. The van der Waals surface area contributed by atoms with Gasteiger partial charge in [0.05, 0.1) is 4.47 Å². The van der Waals surface area contributed by atoms with Crippen molar-refractivity contribution in [3.63, 3.8) is 0 Å². The first-order valence-electron chi connectivity index (χ1n) is 5.53. The number of halogens is 3. The first kappa shape index (κ1) is 15.3. The molecule has 0 spiro atoms. The van der Waals surface area contributed by atoms with Crippen LogP contribution < -0.4 is 5.73 Å². The molecule has 1 atom stereocenters. The Kier molecular flexibility index (Phi) is 5.77. The Morgan fingerprint density at radius 3 is 2.41 bits per heavy atom. The summed E-state index contributed by atoms with van der Waals surface area (Å²) in [6, 6.07) is 3.69. The Morgan fingerprint density at radius 1 is 1.24 bits per heavy atom. The molecule has 0 radical (unpaired) electrons. The van der Waals surface area contributed by atoms with Crippen molar-refractivity contribution in [3.05, 3.63) is 26.6 Å². The second-order valence-electron chi connectivity index (χ2n) is 4.40. The van der Waals surface area contributed by atoms with E-state index in [1.54, 1.807) is 0 Å². The second-order valence-corrected chi connectivity index (χ2v) is 6.17. The highest BCUT2D eigenvalue weighted by molar-refractivity contribution is 9.11. The lowest BCUT2D eigenvalue weighted by Gasteiger charge is -2.21. The third kappa shape index (κ3) is 3.37. The molecular weight excluding hydrogens is 369 g/mol. The molecule has 0 aromatic heterocycles. The molecule has 2 nitrogen and oxygen atoms in total. The maximum absolute atomic E-state index is 10.0. The summed E-state index contributed by atoms with van der Waals surface area (Å²) in [5.74, 6) is 0.787. The summed E-state index contributed by atoms with van der Waals surface area (Å²) >= 11 is 6.77. The summed E-state index contributed by atoms with van der Waals surface area (Å²) in [7, 11) is 0. The van der Waals surface area contributed by atoms with Crippen LogP contribution in [-0.2, 0) is 0 Å². The highest BCUT2D eigenvalue weighted by atomic mass is 79.9. The fraction of sp³-hybridized carbons (Fsp3) is 0.500. The molecule has 0 bridgehead atoms. The van der Waals surface area contributed by atoms with Gasteiger partial charge in [0, 0.05) is 16.1 Å². The minimum Gasteiger partial charge on any atom is -0.506 e. The number of nitrogens with two attached hydrogens (primary N) is 1. The topological polar surface area (TPSA) is 46.2 Å². The van der Waals surface area contributed by atoms with Crippen molar-refractivity contribution in [1.29, 1.82) is 0 Å². The number of hydrogen-bond donors (Lipinski definition) is 2. The Balaban J connectivity index is 0.00000144. The lowest BCUT2D eigenvalue weighted by molar-refractivity contribution is 0.410. The van der Waals surface area contributed by atoms with E-state index in [0.717, 1.165) is 10.0 Å². The predicted octanol–water partition coefficient (Wildman–Crippen LogP) is 4.53. The van der Waals surface area contributed by atoms with Crippen molar-refractivity contribution in [3.8, 4) is 5.75 Å². The van der Waals surface area contributed by atoms with Crippen LogP contribution in [0.3, 0.4) is 0 Å². The summed E-state index contributed by atoms with van der Waals surface area (Å²) in [4.78, 5) is 0. The van der Waals surface area contributed by atoms with Gasteiger partial charge in [0.25, 0.3) is 0 Å². The number of rotatable bonds is 2. The van der Waals surface area contributed by atoms with Crippen LogP contribution >= 0.6 is 44.3 Å². The van der Waals surface area contributed by atoms with E-state index in [4.69, 9.17) is 5.73 Å². The van der Waals surface area contributed by atoms with E-state index >= 15 is 0 Å². The van der Waals surface area contributed by atoms with Gasteiger partial charge in [-0.2, -0.15) is 0 Å². The van der Waals surface area contributed by atoms with Crippen molar-refractivity contribution in [2.75, 3.05) is 0 Å². The molecule has 96 valence electrons. The number of hydrogen-bond acceptors (Lipinski definition) is 2.